The summed E-state index contributed by atoms with van der Waals surface area (Å²) in [6.07, 6.45) is 2.40. The number of piperidine rings is 1. The largest absolute Gasteiger partial charge is 0.465 e. The van der Waals surface area contributed by atoms with Crippen molar-refractivity contribution in [2.45, 2.75) is 18.9 Å². The van der Waals surface area contributed by atoms with Crippen molar-refractivity contribution in [1.82, 2.24) is 9.88 Å². The van der Waals surface area contributed by atoms with Crippen molar-refractivity contribution in [2.24, 2.45) is 0 Å². The van der Waals surface area contributed by atoms with Crippen molar-refractivity contribution in [3.63, 3.8) is 0 Å². The number of aromatic nitrogens is 1. The molecule has 1 saturated heterocycles. The lowest BCUT2D eigenvalue weighted by Crippen LogP contribution is -2.44. The molecule has 1 atom stereocenters. The number of nitriles is 1. The minimum atomic E-state index is -0.886. The second kappa shape index (κ2) is 6.10. The van der Waals surface area contributed by atoms with Crippen LogP contribution in [-0.2, 0) is 0 Å². The second-order valence-corrected chi connectivity index (χ2v) is 7.57. The zero-order valence-electron chi connectivity index (χ0n) is 11.5. The highest BCUT2D eigenvalue weighted by molar-refractivity contribution is 9.11. The number of carboxylic acid groups (broad SMARTS) is 1. The van der Waals surface area contributed by atoms with Crippen molar-refractivity contribution < 1.29 is 9.90 Å². The van der Waals surface area contributed by atoms with Gasteiger partial charge in [-0.25, -0.2) is 9.78 Å². The van der Waals surface area contributed by atoms with E-state index >= 15 is 0 Å². The molecule has 1 fully saturated rings. The van der Waals surface area contributed by atoms with Gasteiger partial charge in [0.05, 0.1) is 14.0 Å². The number of pyridine rings is 1. The first-order valence-electron chi connectivity index (χ1n) is 6.81. The molecule has 2 N–H and O–H groups in total. The first-order valence-corrected chi connectivity index (χ1v) is 8.42. The third-order valence-electron chi connectivity index (χ3n) is 3.68. The highest BCUT2D eigenvalue weighted by Crippen LogP contribution is 2.36. The molecule has 0 radical (unpaired) electrons. The minimum absolute atomic E-state index is 0.0364. The third-order valence-corrected chi connectivity index (χ3v) is 5.33. The van der Waals surface area contributed by atoms with Crippen LogP contribution >= 0.6 is 27.3 Å². The van der Waals surface area contributed by atoms with E-state index in [1.54, 1.807) is 6.20 Å². The Morgan fingerprint density at radius 3 is 3.18 bits per heavy atom. The molecule has 0 saturated carbocycles. The standard InChI is InChI=1S/C14H13BrN4O2S/c15-11-4-10-8(5-16)6-17-13(12(10)22-11)18-9-2-1-3-19(7-9)14(20)21/h4,6,9H,1-3,7H2,(H,17,18)(H,20,21)/t9-/m0/s1. The van der Waals surface area contributed by atoms with Crippen molar-refractivity contribution >= 4 is 49.3 Å². The molecule has 6 nitrogen and oxygen atoms in total. The molecule has 0 bridgehead atoms. The van der Waals surface area contributed by atoms with Crippen LogP contribution in [0.2, 0.25) is 0 Å². The summed E-state index contributed by atoms with van der Waals surface area (Å²) in [5.74, 6) is 0.710. The highest BCUT2D eigenvalue weighted by atomic mass is 79.9. The lowest BCUT2D eigenvalue weighted by Gasteiger charge is -2.31. The number of likely N-dealkylation sites (tertiary alicyclic amines) is 1. The SMILES string of the molecule is N#Cc1cnc(N[C@H]2CCCN(C(=O)O)C2)c2sc(Br)cc12. The van der Waals surface area contributed by atoms with Crippen LogP contribution in [0.5, 0.6) is 0 Å². The smallest absolute Gasteiger partial charge is 0.407 e. The lowest BCUT2D eigenvalue weighted by molar-refractivity contribution is 0.133. The first-order chi connectivity index (χ1) is 10.6. The molecule has 0 unspecified atom stereocenters. The third kappa shape index (κ3) is 2.87. The molecule has 22 heavy (non-hydrogen) atoms. The first kappa shape index (κ1) is 15.1. The number of hydrogen-bond donors (Lipinski definition) is 2. The number of hydrogen-bond acceptors (Lipinski definition) is 5. The number of anilines is 1. The van der Waals surface area contributed by atoms with Crippen molar-refractivity contribution in [2.75, 3.05) is 18.4 Å². The Morgan fingerprint density at radius 1 is 1.64 bits per heavy atom. The zero-order valence-corrected chi connectivity index (χ0v) is 13.9. The Hall–Kier alpha value is -1.85. The fourth-order valence-electron chi connectivity index (χ4n) is 2.65. The normalized spacial score (nSPS) is 18.2. The average molecular weight is 381 g/mol. The summed E-state index contributed by atoms with van der Waals surface area (Å²) in [6, 6.07) is 4.09. The fraction of sp³-hybridized carbons (Fsp3) is 0.357. The van der Waals surface area contributed by atoms with E-state index in [9.17, 15) is 4.79 Å². The van der Waals surface area contributed by atoms with Gasteiger partial charge in [0.15, 0.2) is 0 Å². The van der Waals surface area contributed by atoms with E-state index in [-0.39, 0.29) is 6.04 Å². The molecular formula is C14H13BrN4O2S. The van der Waals surface area contributed by atoms with Crippen LogP contribution in [0.15, 0.2) is 16.0 Å². The van der Waals surface area contributed by atoms with Gasteiger partial charge in [-0.1, -0.05) is 0 Å². The predicted octanol–water partition coefficient (Wildman–Crippen LogP) is 3.48. The lowest BCUT2D eigenvalue weighted by atomic mass is 10.1. The number of nitrogens with zero attached hydrogens (tertiary/aromatic N) is 3. The topological polar surface area (TPSA) is 89.3 Å². The van der Waals surface area contributed by atoms with Gasteiger partial charge in [-0.05, 0) is 34.8 Å². The molecule has 8 heteroatoms. The summed E-state index contributed by atoms with van der Waals surface area (Å²) in [4.78, 5) is 16.9. The van der Waals surface area contributed by atoms with E-state index < -0.39 is 6.09 Å². The quantitative estimate of drug-likeness (QED) is 0.831. The summed E-state index contributed by atoms with van der Waals surface area (Å²) < 4.78 is 1.85. The summed E-state index contributed by atoms with van der Waals surface area (Å²) in [6.45, 7) is 1.03. The molecule has 1 aliphatic heterocycles. The van der Waals surface area contributed by atoms with Gasteiger partial charge in [-0.2, -0.15) is 5.26 Å². The van der Waals surface area contributed by atoms with Crippen LogP contribution in [0.25, 0.3) is 10.1 Å². The predicted molar refractivity (Wildman–Crippen MR) is 88.3 cm³/mol. The van der Waals surface area contributed by atoms with E-state index in [2.05, 4.69) is 32.3 Å². The van der Waals surface area contributed by atoms with E-state index in [0.717, 1.165) is 26.7 Å². The van der Waals surface area contributed by atoms with E-state index in [4.69, 9.17) is 10.4 Å². The number of carbonyl (C=O) groups is 1. The number of halogens is 1. The number of nitrogens with one attached hydrogen (secondary N) is 1. The van der Waals surface area contributed by atoms with Gasteiger partial charge >= 0.3 is 6.09 Å². The van der Waals surface area contributed by atoms with Gasteiger partial charge < -0.3 is 15.3 Å². The molecule has 3 rings (SSSR count). The van der Waals surface area contributed by atoms with Crippen LogP contribution in [0.3, 0.4) is 0 Å². The number of amides is 1. The Labute approximate surface area is 139 Å². The van der Waals surface area contributed by atoms with Gasteiger partial charge in [0, 0.05) is 30.7 Å². The summed E-state index contributed by atoms with van der Waals surface area (Å²) in [5, 5.41) is 22.5. The Bertz CT molecular complexity index is 770. The summed E-state index contributed by atoms with van der Waals surface area (Å²) >= 11 is 4.96. The molecule has 0 aromatic carbocycles. The van der Waals surface area contributed by atoms with Gasteiger partial charge in [0.2, 0.25) is 0 Å². The van der Waals surface area contributed by atoms with Crippen molar-refractivity contribution in [3.8, 4) is 6.07 Å². The van der Waals surface area contributed by atoms with Gasteiger partial charge in [0.1, 0.15) is 11.9 Å². The average Bonchev–Trinajstić information content (AvgIpc) is 2.90. The Balaban J connectivity index is 1.88. The highest BCUT2D eigenvalue weighted by Gasteiger charge is 2.24. The van der Waals surface area contributed by atoms with Crippen molar-refractivity contribution in [1.29, 1.82) is 5.26 Å². The Kier molecular flexibility index (Phi) is 4.18. The number of fused-ring (bicyclic) bond motifs is 1. The van der Waals surface area contributed by atoms with Gasteiger partial charge in [-0.3, -0.25) is 0 Å². The molecule has 114 valence electrons. The summed E-state index contributed by atoms with van der Waals surface area (Å²) in [7, 11) is 0. The molecule has 1 amide bonds. The van der Waals surface area contributed by atoms with Gasteiger partial charge in [-0.15, -0.1) is 11.3 Å². The van der Waals surface area contributed by atoms with Crippen LogP contribution in [-0.4, -0.2) is 40.2 Å². The van der Waals surface area contributed by atoms with Crippen LogP contribution < -0.4 is 5.32 Å². The van der Waals surface area contributed by atoms with E-state index in [1.807, 2.05) is 6.07 Å². The molecule has 3 heterocycles. The van der Waals surface area contributed by atoms with Gasteiger partial charge in [0.25, 0.3) is 0 Å². The fourth-order valence-corrected chi connectivity index (χ4v) is 4.22. The molecule has 0 aliphatic carbocycles. The monoisotopic (exact) mass is 380 g/mol. The van der Waals surface area contributed by atoms with Crippen LogP contribution in [0.4, 0.5) is 10.6 Å². The number of rotatable bonds is 2. The molecule has 2 aromatic heterocycles. The Morgan fingerprint density at radius 2 is 2.45 bits per heavy atom. The van der Waals surface area contributed by atoms with E-state index in [1.165, 1.54) is 16.2 Å². The summed E-state index contributed by atoms with van der Waals surface area (Å²) in [5.41, 5.74) is 0.540. The molecular weight excluding hydrogens is 368 g/mol. The molecule has 1 aliphatic rings. The molecule has 2 aromatic rings. The van der Waals surface area contributed by atoms with Crippen LogP contribution in [0, 0.1) is 11.3 Å². The maximum Gasteiger partial charge on any atom is 0.407 e. The zero-order chi connectivity index (χ0) is 15.7. The minimum Gasteiger partial charge on any atom is -0.465 e. The molecule has 0 spiro atoms. The van der Waals surface area contributed by atoms with Crippen molar-refractivity contribution in [3.05, 3.63) is 21.6 Å². The maximum atomic E-state index is 11.1. The van der Waals surface area contributed by atoms with Crippen LogP contribution in [0.1, 0.15) is 18.4 Å². The van der Waals surface area contributed by atoms with E-state index in [0.29, 0.717) is 24.5 Å². The maximum absolute atomic E-state index is 11.1. The number of thiophene rings is 1. The second-order valence-electron chi connectivity index (χ2n) is 5.14.